The second kappa shape index (κ2) is 30.2. The minimum absolute atomic E-state index is 0.00249. The Hall–Kier alpha value is -7.37. The maximum Gasteiger partial charge on any atom is 0.245 e. The lowest BCUT2D eigenvalue weighted by Crippen LogP contribution is -2.59. The van der Waals surface area contributed by atoms with Gasteiger partial charge >= 0.3 is 0 Å². The zero-order chi connectivity index (χ0) is 56.9. The van der Waals surface area contributed by atoms with E-state index in [2.05, 4.69) is 52.2 Å². The Morgan fingerprint density at radius 3 is 1.93 bits per heavy atom. The first-order valence-corrected chi connectivity index (χ1v) is 25.9. The first-order chi connectivity index (χ1) is 35.7. The Bertz CT molecular complexity index is 2450. The molecule has 8 atom stereocenters. The number of aromatic amines is 2. The highest BCUT2D eigenvalue weighted by atomic mass is 16.2. The summed E-state index contributed by atoms with van der Waals surface area (Å²) in [5, 5.41) is 19.9. The second-order valence-electron chi connectivity index (χ2n) is 20.9. The average Bonchev–Trinajstić information content (AvgIpc) is 4.03. The molecule has 0 aliphatic rings. The van der Waals surface area contributed by atoms with Gasteiger partial charge in [0.25, 0.3) is 0 Å². The van der Waals surface area contributed by atoms with Gasteiger partial charge in [-0.15, -0.1) is 0 Å². The van der Waals surface area contributed by atoms with Crippen molar-refractivity contribution in [1.29, 1.82) is 0 Å². The summed E-state index contributed by atoms with van der Waals surface area (Å²) in [5.74, 6) is -7.05. The van der Waals surface area contributed by atoms with Crippen LogP contribution in [0.25, 0.3) is 10.9 Å². The lowest BCUT2D eigenvalue weighted by Gasteiger charge is -2.30. The van der Waals surface area contributed by atoms with E-state index >= 15 is 0 Å². The predicted octanol–water partition coefficient (Wildman–Crippen LogP) is -0.0437. The van der Waals surface area contributed by atoms with E-state index in [4.69, 9.17) is 17.2 Å². The Kier molecular flexibility index (Phi) is 25.0. The predicted molar refractivity (Wildman–Crippen MR) is 285 cm³/mol. The van der Waals surface area contributed by atoms with Gasteiger partial charge in [0, 0.05) is 74.2 Å². The molecular formula is C52H82N14O10. The van der Waals surface area contributed by atoms with Crippen LogP contribution in [0.2, 0.25) is 0 Å². The van der Waals surface area contributed by atoms with Gasteiger partial charge in [-0.2, -0.15) is 0 Å². The number of para-hydroxylation sites is 1. The number of unbranched alkanes of at least 4 members (excludes halogenated alkanes) is 1. The van der Waals surface area contributed by atoms with Gasteiger partial charge in [0.2, 0.25) is 59.1 Å². The number of nitrogens with two attached hydrogens (primary N) is 3. The van der Waals surface area contributed by atoms with Gasteiger partial charge < -0.3 is 69.3 Å². The molecule has 0 radical (unpaired) electrons. The summed E-state index contributed by atoms with van der Waals surface area (Å²) in [7, 11) is 1.36. The fraction of sp³-hybridized carbons (Fsp3) is 0.596. The summed E-state index contributed by atoms with van der Waals surface area (Å²) in [5.41, 5.74) is 17.8. The number of carbonyl (C=O) groups excluding carboxylic acids is 10. The highest BCUT2D eigenvalue weighted by Crippen LogP contribution is 2.21. The Labute approximate surface area is 444 Å². The van der Waals surface area contributed by atoms with Crippen LogP contribution in [0, 0.1) is 17.3 Å². The highest BCUT2D eigenvalue weighted by molar-refractivity contribution is 5.97. The number of H-pyrrole nitrogens is 2. The van der Waals surface area contributed by atoms with E-state index in [9.17, 15) is 47.9 Å². The van der Waals surface area contributed by atoms with Gasteiger partial charge in [-0.1, -0.05) is 73.1 Å². The smallest absolute Gasteiger partial charge is 0.245 e. The van der Waals surface area contributed by atoms with E-state index in [-0.39, 0.29) is 50.9 Å². The number of likely N-dealkylation sites (N-methyl/N-ethyl adjacent to an activating group) is 1. The molecule has 15 N–H and O–H groups in total. The van der Waals surface area contributed by atoms with Gasteiger partial charge in [-0.25, -0.2) is 4.98 Å². The fourth-order valence-electron chi connectivity index (χ4n) is 8.32. The molecule has 0 aliphatic heterocycles. The number of nitrogens with one attached hydrogen (secondary N) is 9. The third-order valence-electron chi connectivity index (χ3n) is 13.1. The molecule has 0 fully saturated rings. The molecule has 24 nitrogen and oxygen atoms in total. The molecule has 2 heterocycles. The van der Waals surface area contributed by atoms with Crippen LogP contribution in [0.5, 0.6) is 0 Å². The summed E-state index contributed by atoms with van der Waals surface area (Å²) in [6.45, 7) is 13.8. The average molecular weight is 1060 g/mol. The van der Waals surface area contributed by atoms with Crippen LogP contribution < -0.4 is 54.4 Å². The van der Waals surface area contributed by atoms with E-state index in [1.54, 1.807) is 40.8 Å². The standard InChI is InChI=1S/C52H82N14O10/c1-10-30(4)35(19-21-42(69)64-45(46(55)71)52(6,7)8)62-50(75)39(24-33-26-56-28-58-33)61-43(70)27-66(9)51(76)44(29(2)3)65-47(72)31(5)59-49(74)38(23-32-25-57-36-16-12-11-15-34(32)36)63-48(73)37(18-20-40(54)67)60-41(68)17-13-14-22-53/h11-12,15-16,25-26,28-31,35,37-39,44-45,57H,10,13-14,17-24,27,53H2,1-9H3,(H2,54,67)(H2,55,71)(H,56,58)(H,59,74)(H,60,68)(H,61,70)(H,62,75)(H,63,73)(H,64,69)(H,65,72)/t30?,31-,35+,37-,38-,39-,44-,45+/m0/s1. The highest BCUT2D eigenvalue weighted by Gasteiger charge is 2.35. The summed E-state index contributed by atoms with van der Waals surface area (Å²) in [6.07, 6.45) is 6.13. The SMILES string of the molecule is CCC(C)[C@@H](CCC(=O)N[C@H](C(N)=O)C(C)(C)C)NC(=O)[C@H](Cc1cnc[nH]1)NC(=O)CN(C)C(=O)[C@@H](NC(=O)[C@H](C)NC(=O)[C@H](Cc1c[nH]c2ccccc12)NC(=O)[C@H](CCC(N)=O)NC(=O)CCCCN)C(C)C. The quantitative estimate of drug-likeness (QED) is 0.0367. The van der Waals surface area contributed by atoms with Gasteiger partial charge in [0.1, 0.15) is 36.3 Å². The summed E-state index contributed by atoms with van der Waals surface area (Å²) in [6, 6.07) is -0.256. The monoisotopic (exact) mass is 1060 g/mol. The van der Waals surface area contributed by atoms with Gasteiger partial charge in [0.15, 0.2) is 0 Å². The van der Waals surface area contributed by atoms with Crippen LogP contribution in [0.1, 0.15) is 118 Å². The number of hydrogen-bond acceptors (Lipinski definition) is 12. The molecule has 0 saturated carbocycles. The maximum atomic E-state index is 14.1. The van der Waals surface area contributed by atoms with Crippen LogP contribution in [-0.4, -0.2) is 141 Å². The molecular weight excluding hydrogens is 981 g/mol. The molecule has 3 rings (SSSR count). The number of amides is 10. The Morgan fingerprint density at radius 1 is 0.697 bits per heavy atom. The van der Waals surface area contributed by atoms with E-state index in [1.165, 1.54) is 26.5 Å². The van der Waals surface area contributed by atoms with Crippen molar-refractivity contribution in [2.45, 2.75) is 162 Å². The Morgan fingerprint density at radius 2 is 1.33 bits per heavy atom. The van der Waals surface area contributed by atoms with Crippen LogP contribution in [0.15, 0.2) is 43.0 Å². The summed E-state index contributed by atoms with van der Waals surface area (Å²) in [4.78, 5) is 144. The topological polar surface area (TPSA) is 381 Å². The second-order valence-corrected chi connectivity index (χ2v) is 20.9. The lowest BCUT2D eigenvalue weighted by molar-refractivity contribution is -0.140. The van der Waals surface area contributed by atoms with Crippen molar-refractivity contribution in [1.82, 2.24) is 57.1 Å². The van der Waals surface area contributed by atoms with Crippen LogP contribution in [-0.2, 0) is 60.8 Å². The van der Waals surface area contributed by atoms with Crippen molar-refractivity contribution < 1.29 is 47.9 Å². The number of primary amides is 2. The normalized spacial score (nSPS) is 14.6. The number of nitrogens with zero attached hydrogens (tertiary/aromatic N) is 2. The molecule has 0 bridgehead atoms. The third-order valence-corrected chi connectivity index (χ3v) is 13.1. The van der Waals surface area contributed by atoms with Crippen LogP contribution in [0.4, 0.5) is 0 Å². The van der Waals surface area contributed by atoms with E-state index in [0.29, 0.717) is 37.1 Å². The molecule has 1 unspecified atom stereocenters. The van der Waals surface area contributed by atoms with Crippen molar-refractivity contribution in [3.63, 3.8) is 0 Å². The zero-order valence-corrected chi connectivity index (χ0v) is 45.4. The molecule has 3 aromatic rings. The van der Waals surface area contributed by atoms with Gasteiger partial charge in [0.05, 0.1) is 12.9 Å². The van der Waals surface area contributed by atoms with E-state index in [1.807, 2.05) is 38.1 Å². The number of benzene rings is 1. The first kappa shape index (κ1) is 62.9. The molecule has 0 spiro atoms. The number of imidazole rings is 1. The van der Waals surface area contributed by atoms with Crippen molar-refractivity contribution in [3.05, 3.63) is 54.2 Å². The molecule has 0 aliphatic carbocycles. The van der Waals surface area contributed by atoms with Crippen molar-refractivity contribution in [2.75, 3.05) is 20.1 Å². The molecule has 2 aromatic heterocycles. The molecule has 0 saturated heterocycles. The minimum atomic E-state index is -1.30. The summed E-state index contributed by atoms with van der Waals surface area (Å²) < 4.78 is 0. The lowest BCUT2D eigenvalue weighted by atomic mass is 9.86. The van der Waals surface area contributed by atoms with E-state index < -0.39 is 119 Å². The molecule has 24 heteroatoms. The van der Waals surface area contributed by atoms with Gasteiger partial charge in [-0.3, -0.25) is 47.9 Å². The number of carbonyl (C=O) groups is 10. The molecule has 10 amide bonds. The fourth-order valence-corrected chi connectivity index (χ4v) is 8.32. The molecule has 420 valence electrons. The maximum absolute atomic E-state index is 14.1. The zero-order valence-electron chi connectivity index (χ0n) is 45.4. The number of aromatic nitrogens is 3. The first-order valence-electron chi connectivity index (χ1n) is 25.9. The summed E-state index contributed by atoms with van der Waals surface area (Å²) >= 11 is 0. The van der Waals surface area contributed by atoms with E-state index in [0.717, 1.165) is 15.8 Å². The number of rotatable bonds is 32. The minimum Gasteiger partial charge on any atom is -0.370 e. The number of hydrogen-bond donors (Lipinski definition) is 12. The Balaban J connectivity index is 1.75. The van der Waals surface area contributed by atoms with Crippen LogP contribution in [0.3, 0.4) is 0 Å². The number of fused-ring (bicyclic) bond motifs is 1. The third kappa shape index (κ3) is 20.4. The largest absolute Gasteiger partial charge is 0.370 e. The van der Waals surface area contributed by atoms with Crippen LogP contribution >= 0.6 is 0 Å². The van der Waals surface area contributed by atoms with Crippen molar-refractivity contribution >= 4 is 70.0 Å². The van der Waals surface area contributed by atoms with Gasteiger partial charge in [-0.05, 0) is 68.0 Å². The van der Waals surface area contributed by atoms with Crippen molar-refractivity contribution in [3.8, 4) is 0 Å². The molecule has 1 aromatic carbocycles. The molecule has 76 heavy (non-hydrogen) atoms. The van der Waals surface area contributed by atoms with Crippen molar-refractivity contribution in [2.24, 2.45) is 34.5 Å².